The predicted molar refractivity (Wildman–Crippen MR) is 119 cm³/mol. The molecule has 2 aromatic carbocycles. The number of hydrogen-bond acceptors (Lipinski definition) is 5. The van der Waals surface area contributed by atoms with Gasteiger partial charge in [-0.05, 0) is 62.1 Å². The zero-order valence-corrected chi connectivity index (χ0v) is 18.4. The minimum atomic E-state index is -2.95. The quantitative estimate of drug-likeness (QED) is 0.755. The molecule has 6 heteroatoms. The fraction of sp³-hybridized carbons (Fsp3) is 0.409. The molecule has 0 aromatic heterocycles. The lowest BCUT2D eigenvalue weighted by Gasteiger charge is -2.26. The van der Waals surface area contributed by atoms with Gasteiger partial charge in [-0.1, -0.05) is 41.6 Å². The van der Waals surface area contributed by atoms with Gasteiger partial charge >= 0.3 is 0 Å². The van der Waals surface area contributed by atoms with Crippen molar-refractivity contribution < 1.29 is 8.42 Å². The molecule has 148 valence electrons. The van der Waals surface area contributed by atoms with Crippen molar-refractivity contribution in [3.05, 3.63) is 64.2 Å². The van der Waals surface area contributed by atoms with Gasteiger partial charge in [-0.25, -0.2) is 8.42 Å². The third-order valence-electron chi connectivity index (χ3n) is 5.39. The fourth-order valence-electron chi connectivity index (χ4n) is 3.99. The first-order valence-corrected chi connectivity index (χ1v) is 12.3. The molecule has 1 fully saturated rings. The average molecular weight is 415 g/mol. The maximum absolute atomic E-state index is 12.0. The highest BCUT2D eigenvalue weighted by Crippen LogP contribution is 2.38. The highest BCUT2D eigenvalue weighted by molar-refractivity contribution is 8.15. The molecule has 0 spiro atoms. The zero-order valence-electron chi connectivity index (χ0n) is 16.8. The molecule has 0 N–H and O–H groups in total. The third-order valence-corrected chi connectivity index (χ3v) is 8.63. The van der Waals surface area contributed by atoms with E-state index in [-0.39, 0.29) is 22.8 Å². The average Bonchev–Trinajstić information content (AvgIpc) is 3.08. The van der Waals surface area contributed by atoms with Gasteiger partial charge in [-0.15, -0.1) is 0 Å². The Morgan fingerprint density at radius 1 is 1.00 bits per heavy atom. The Morgan fingerprint density at radius 3 is 2.39 bits per heavy atom. The number of sulfone groups is 1. The van der Waals surface area contributed by atoms with Crippen molar-refractivity contribution in [1.29, 1.82) is 0 Å². The van der Waals surface area contributed by atoms with Crippen molar-refractivity contribution in [1.82, 2.24) is 0 Å². The molecule has 0 bridgehead atoms. The smallest absolute Gasteiger partial charge is 0.164 e. The Bertz CT molecular complexity index is 1040. The molecule has 0 unspecified atom stereocenters. The third kappa shape index (κ3) is 3.98. The number of thioether (sulfide) groups is 1. The van der Waals surface area contributed by atoms with Crippen molar-refractivity contribution in [2.45, 2.75) is 45.5 Å². The highest BCUT2D eigenvalue weighted by atomic mass is 32.2. The Hall–Kier alpha value is -1.79. The molecular weight excluding hydrogens is 388 g/mol. The molecular formula is C22H26N2O2S2. The number of fused-ring (bicyclic) bond motifs is 1. The maximum Gasteiger partial charge on any atom is 0.164 e. The van der Waals surface area contributed by atoms with Crippen molar-refractivity contribution >= 4 is 32.5 Å². The summed E-state index contributed by atoms with van der Waals surface area (Å²) in [6.07, 6.45) is 0. The van der Waals surface area contributed by atoms with Crippen molar-refractivity contribution in [3.8, 4) is 0 Å². The molecule has 0 radical (unpaired) electrons. The van der Waals surface area contributed by atoms with Crippen LogP contribution in [0.5, 0.6) is 0 Å². The second-order valence-electron chi connectivity index (χ2n) is 8.07. The molecule has 0 saturated carbocycles. The van der Waals surface area contributed by atoms with Crippen LogP contribution in [0.2, 0.25) is 0 Å². The van der Waals surface area contributed by atoms with Crippen molar-refractivity contribution in [2.24, 2.45) is 4.99 Å². The van der Waals surface area contributed by atoms with Gasteiger partial charge in [0, 0.05) is 10.9 Å². The van der Waals surface area contributed by atoms with E-state index in [4.69, 9.17) is 4.99 Å². The first kappa shape index (κ1) is 19.5. The van der Waals surface area contributed by atoms with Gasteiger partial charge in [0.1, 0.15) is 0 Å². The van der Waals surface area contributed by atoms with Crippen LogP contribution in [0.4, 0.5) is 5.69 Å². The van der Waals surface area contributed by atoms with Crippen LogP contribution in [0.3, 0.4) is 0 Å². The van der Waals surface area contributed by atoms with Crippen LogP contribution in [-0.2, 0) is 16.4 Å². The lowest BCUT2D eigenvalue weighted by Crippen LogP contribution is -2.28. The number of anilines is 1. The van der Waals surface area contributed by atoms with Gasteiger partial charge in [0.25, 0.3) is 0 Å². The van der Waals surface area contributed by atoms with Crippen LogP contribution in [0, 0.1) is 27.7 Å². The standard InChI is InChI=1S/C22H26N2O2S2/c1-14-5-6-17(4)18(8-14)11-24(19-9-15(2)7-16(3)10-19)22-23-20-12-28(25,26)13-21(20)27-22/h5-10,20-21H,11-13H2,1-4H3/t20-,21-/m0/s1. The largest absolute Gasteiger partial charge is 0.317 e. The van der Waals surface area contributed by atoms with Crippen LogP contribution in [0.1, 0.15) is 27.8 Å². The number of aryl methyl sites for hydroxylation is 4. The minimum absolute atomic E-state index is 0.0482. The molecule has 4 nitrogen and oxygen atoms in total. The Kier molecular flexibility index (Phi) is 5.04. The molecule has 2 heterocycles. The van der Waals surface area contributed by atoms with Crippen LogP contribution < -0.4 is 4.90 Å². The van der Waals surface area contributed by atoms with Gasteiger partial charge < -0.3 is 4.90 Å². The van der Waals surface area contributed by atoms with E-state index in [0.717, 1.165) is 17.4 Å². The molecule has 28 heavy (non-hydrogen) atoms. The normalized spacial score (nSPS) is 22.8. The van der Waals surface area contributed by atoms with Gasteiger partial charge in [-0.2, -0.15) is 0 Å². The first-order chi connectivity index (χ1) is 13.2. The molecule has 1 saturated heterocycles. The molecule has 2 atom stereocenters. The summed E-state index contributed by atoms with van der Waals surface area (Å²) in [6, 6.07) is 13.0. The minimum Gasteiger partial charge on any atom is -0.317 e. The van der Waals surface area contributed by atoms with Gasteiger partial charge in [0.2, 0.25) is 0 Å². The van der Waals surface area contributed by atoms with Gasteiger partial charge in [0.05, 0.1) is 24.1 Å². The van der Waals surface area contributed by atoms with E-state index in [0.29, 0.717) is 0 Å². The molecule has 2 aliphatic rings. The van der Waals surface area contributed by atoms with Crippen LogP contribution in [0.25, 0.3) is 0 Å². The summed E-state index contributed by atoms with van der Waals surface area (Å²) in [7, 11) is -2.95. The molecule has 0 amide bonds. The van der Waals surface area contributed by atoms with E-state index >= 15 is 0 Å². The van der Waals surface area contributed by atoms with Crippen molar-refractivity contribution in [3.63, 3.8) is 0 Å². The van der Waals surface area contributed by atoms with Crippen LogP contribution >= 0.6 is 11.8 Å². The van der Waals surface area contributed by atoms with Crippen LogP contribution in [0.15, 0.2) is 41.4 Å². The van der Waals surface area contributed by atoms with Crippen molar-refractivity contribution in [2.75, 3.05) is 16.4 Å². The summed E-state index contributed by atoms with van der Waals surface area (Å²) < 4.78 is 23.9. The number of aliphatic imine (C=N–C) groups is 1. The second-order valence-corrected chi connectivity index (χ2v) is 11.4. The second kappa shape index (κ2) is 7.23. The molecule has 0 aliphatic carbocycles. The SMILES string of the molecule is Cc1cc(C)cc(N(Cc2cc(C)ccc2C)C2=N[C@H]3CS(=O)(=O)C[C@@H]3S2)c1. The fourth-order valence-corrected chi connectivity index (χ4v) is 7.77. The summed E-state index contributed by atoms with van der Waals surface area (Å²) in [4.78, 5) is 7.12. The summed E-state index contributed by atoms with van der Waals surface area (Å²) >= 11 is 1.62. The van der Waals surface area contributed by atoms with E-state index in [9.17, 15) is 8.42 Å². The zero-order chi connectivity index (χ0) is 20.1. The summed E-state index contributed by atoms with van der Waals surface area (Å²) in [6.45, 7) is 9.20. The summed E-state index contributed by atoms with van der Waals surface area (Å²) in [5, 5.41) is 0.989. The van der Waals surface area contributed by atoms with E-state index in [1.807, 2.05) is 0 Å². The highest BCUT2D eigenvalue weighted by Gasteiger charge is 2.44. The first-order valence-electron chi connectivity index (χ1n) is 9.57. The number of benzene rings is 2. The van der Waals surface area contributed by atoms with Gasteiger partial charge in [0.15, 0.2) is 15.0 Å². The number of nitrogens with zero attached hydrogens (tertiary/aromatic N) is 2. The lowest BCUT2D eigenvalue weighted by molar-refractivity contribution is 0.601. The van der Waals surface area contributed by atoms with Crippen LogP contribution in [-0.4, -0.2) is 36.4 Å². The topological polar surface area (TPSA) is 49.7 Å². The van der Waals surface area contributed by atoms with E-state index in [1.54, 1.807) is 11.8 Å². The molecule has 4 rings (SSSR count). The van der Waals surface area contributed by atoms with E-state index in [1.165, 1.54) is 27.8 Å². The lowest BCUT2D eigenvalue weighted by atomic mass is 10.0. The number of amidine groups is 1. The molecule has 2 aliphatic heterocycles. The Morgan fingerprint density at radius 2 is 1.71 bits per heavy atom. The van der Waals surface area contributed by atoms with Gasteiger partial charge in [-0.3, -0.25) is 4.99 Å². The Balaban J connectivity index is 1.73. The van der Waals surface area contributed by atoms with E-state index in [2.05, 4.69) is 69.0 Å². The summed E-state index contributed by atoms with van der Waals surface area (Å²) in [5.74, 6) is 0.415. The molecule has 2 aromatic rings. The monoisotopic (exact) mass is 414 g/mol. The Labute approximate surface area is 172 Å². The summed E-state index contributed by atoms with van der Waals surface area (Å²) in [5.41, 5.74) is 7.32. The number of hydrogen-bond donors (Lipinski definition) is 0. The predicted octanol–water partition coefficient (Wildman–Crippen LogP) is 4.20. The van der Waals surface area contributed by atoms with E-state index < -0.39 is 9.84 Å². The number of rotatable bonds is 3. The maximum atomic E-state index is 12.0.